The summed E-state index contributed by atoms with van der Waals surface area (Å²) in [4.78, 5) is 17.0. The lowest BCUT2D eigenvalue weighted by Gasteiger charge is -2.24. The lowest BCUT2D eigenvalue weighted by molar-refractivity contribution is -0.126. The largest absolute Gasteiger partial charge is 0.374 e. The first-order valence-electron chi connectivity index (χ1n) is 8.68. The van der Waals surface area contributed by atoms with Crippen LogP contribution < -0.4 is 11.1 Å². The van der Waals surface area contributed by atoms with E-state index in [1.54, 1.807) is 20.0 Å². The number of fused-ring (bicyclic) bond motifs is 1. The Bertz CT molecular complexity index is 919. The molecule has 0 saturated heterocycles. The van der Waals surface area contributed by atoms with E-state index in [0.29, 0.717) is 12.4 Å². The molecular formula is C21H27BrN4O2. The number of aromatic nitrogens is 2. The Hall–Kier alpha value is -2.22. The van der Waals surface area contributed by atoms with Crippen LogP contribution in [0.4, 0.5) is 0 Å². The average molecular weight is 447 g/mol. The van der Waals surface area contributed by atoms with Crippen molar-refractivity contribution in [2.45, 2.75) is 39.5 Å². The standard InChI is InChI=1S/C20H23BrN4O2.CH4/c1-20(2,22)19(26)24-17(13-27-12-14-6-4-3-5-7-14)18-23-10-16-9-8-15(21)11-25(16)18;/h3-11,17H,12-13,22H2,1-2H3,(H,24,26);1H4/t17-;/m1./s1. The summed E-state index contributed by atoms with van der Waals surface area (Å²) in [6.45, 7) is 4.07. The lowest BCUT2D eigenvalue weighted by Crippen LogP contribution is -2.50. The molecule has 0 bridgehead atoms. The summed E-state index contributed by atoms with van der Waals surface area (Å²) < 4.78 is 8.73. The first-order valence-corrected chi connectivity index (χ1v) is 9.48. The van der Waals surface area contributed by atoms with Gasteiger partial charge in [-0.05, 0) is 47.5 Å². The van der Waals surface area contributed by atoms with Crippen molar-refractivity contribution in [3.8, 4) is 0 Å². The molecule has 1 atom stereocenters. The highest BCUT2D eigenvalue weighted by Crippen LogP contribution is 2.20. The van der Waals surface area contributed by atoms with Crippen molar-refractivity contribution in [3.05, 3.63) is 70.7 Å². The van der Waals surface area contributed by atoms with Crippen LogP contribution in [0.2, 0.25) is 0 Å². The summed E-state index contributed by atoms with van der Waals surface area (Å²) in [5.74, 6) is 0.430. The second kappa shape index (κ2) is 9.32. The van der Waals surface area contributed by atoms with Gasteiger partial charge in [-0.1, -0.05) is 37.8 Å². The molecule has 1 aromatic carbocycles. The van der Waals surface area contributed by atoms with Gasteiger partial charge in [-0.3, -0.25) is 4.79 Å². The first kappa shape index (κ1) is 22.1. The van der Waals surface area contributed by atoms with E-state index >= 15 is 0 Å². The number of nitrogens with two attached hydrogens (primary N) is 1. The summed E-state index contributed by atoms with van der Waals surface area (Å²) >= 11 is 3.48. The molecule has 0 aliphatic carbocycles. The van der Waals surface area contributed by atoms with E-state index in [9.17, 15) is 4.79 Å². The fourth-order valence-corrected chi connectivity index (χ4v) is 2.97. The molecule has 0 spiro atoms. The minimum absolute atomic E-state index is 0. The maximum atomic E-state index is 12.5. The Kier molecular flexibility index (Phi) is 7.35. The van der Waals surface area contributed by atoms with Gasteiger partial charge in [-0.25, -0.2) is 4.98 Å². The molecule has 7 heteroatoms. The van der Waals surface area contributed by atoms with Crippen molar-refractivity contribution in [1.29, 1.82) is 0 Å². The van der Waals surface area contributed by atoms with Gasteiger partial charge in [0, 0.05) is 10.7 Å². The van der Waals surface area contributed by atoms with E-state index in [1.165, 1.54) is 0 Å². The van der Waals surface area contributed by atoms with Gasteiger partial charge >= 0.3 is 0 Å². The number of hydrogen-bond donors (Lipinski definition) is 2. The molecule has 0 saturated carbocycles. The summed E-state index contributed by atoms with van der Waals surface area (Å²) in [7, 11) is 0. The predicted octanol–water partition coefficient (Wildman–Crippen LogP) is 3.84. The van der Waals surface area contributed by atoms with Gasteiger partial charge < -0.3 is 20.2 Å². The van der Waals surface area contributed by atoms with Gasteiger partial charge in [0.2, 0.25) is 5.91 Å². The Labute approximate surface area is 174 Å². The number of benzene rings is 1. The van der Waals surface area contributed by atoms with E-state index in [2.05, 4.69) is 26.2 Å². The minimum atomic E-state index is -0.995. The number of nitrogens with one attached hydrogen (secondary N) is 1. The first-order chi connectivity index (χ1) is 12.8. The number of nitrogens with zero attached hydrogens (tertiary/aromatic N) is 2. The highest BCUT2D eigenvalue weighted by molar-refractivity contribution is 9.10. The molecule has 2 heterocycles. The molecule has 3 rings (SSSR count). The number of carbonyl (C=O) groups excluding carboxylic acids is 1. The smallest absolute Gasteiger partial charge is 0.240 e. The number of rotatable bonds is 7. The monoisotopic (exact) mass is 446 g/mol. The van der Waals surface area contributed by atoms with Gasteiger partial charge in [-0.15, -0.1) is 0 Å². The summed E-state index contributed by atoms with van der Waals surface area (Å²) in [6.07, 6.45) is 3.69. The van der Waals surface area contributed by atoms with Crippen LogP contribution in [0.15, 0.2) is 59.3 Å². The molecule has 3 N–H and O–H groups in total. The lowest BCUT2D eigenvalue weighted by atomic mass is 10.1. The molecule has 2 aromatic heterocycles. The molecule has 150 valence electrons. The quantitative estimate of drug-likeness (QED) is 0.577. The van der Waals surface area contributed by atoms with Crippen LogP contribution in [0.5, 0.6) is 0 Å². The average Bonchev–Trinajstić information content (AvgIpc) is 3.03. The molecule has 0 aliphatic heterocycles. The van der Waals surface area contributed by atoms with Gasteiger partial charge in [0.25, 0.3) is 0 Å². The molecule has 1 amide bonds. The van der Waals surface area contributed by atoms with Gasteiger partial charge in [0.15, 0.2) is 0 Å². The number of imidazole rings is 1. The molecule has 0 fully saturated rings. The van der Waals surface area contributed by atoms with Crippen molar-refractivity contribution < 1.29 is 9.53 Å². The Balaban J connectivity index is 0.00000280. The maximum Gasteiger partial charge on any atom is 0.240 e. The molecular weight excluding hydrogens is 420 g/mol. The van der Waals surface area contributed by atoms with E-state index in [-0.39, 0.29) is 19.9 Å². The summed E-state index contributed by atoms with van der Waals surface area (Å²) in [5.41, 5.74) is 6.95. The number of carbonyl (C=O) groups is 1. The number of halogens is 1. The molecule has 3 aromatic rings. The van der Waals surface area contributed by atoms with Crippen molar-refractivity contribution >= 4 is 27.4 Å². The highest BCUT2D eigenvalue weighted by Gasteiger charge is 2.27. The number of hydrogen-bond acceptors (Lipinski definition) is 4. The SMILES string of the molecule is C.CC(C)(N)C(=O)N[C@H](COCc1ccccc1)c1ncc2ccc(Br)cn12. The molecule has 0 aliphatic rings. The molecule has 0 radical (unpaired) electrons. The van der Waals surface area contributed by atoms with E-state index in [1.807, 2.05) is 53.1 Å². The van der Waals surface area contributed by atoms with E-state index in [4.69, 9.17) is 10.5 Å². The van der Waals surface area contributed by atoms with Gasteiger partial charge in [0.1, 0.15) is 11.9 Å². The van der Waals surface area contributed by atoms with Crippen molar-refractivity contribution in [2.75, 3.05) is 6.61 Å². The van der Waals surface area contributed by atoms with Crippen LogP contribution in [-0.4, -0.2) is 27.4 Å². The van der Waals surface area contributed by atoms with Crippen LogP contribution in [-0.2, 0) is 16.1 Å². The second-order valence-electron chi connectivity index (χ2n) is 7.01. The number of pyridine rings is 1. The van der Waals surface area contributed by atoms with Crippen molar-refractivity contribution in [1.82, 2.24) is 14.7 Å². The van der Waals surface area contributed by atoms with Crippen LogP contribution in [0.3, 0.4) is 0 Å². The van der Waals surface area contributed by atoms with E-state index < -0.39 is 11.6 Å². The summed E-state index contributed by atoms with van der Waals surface area (Å²) in [6, 6.07) is 13.4. The Morgan fingerprint density at radius 2 is 2.00 bits per heavy atom. The minimum Gasteiger partial charge on any atom is -0.374 e. The van der Waals surface area contributed by atoms with Crippen molar-refractivity contribution in [3.63, 3.8) is 0 Å². The van der Waals surface area contributed by atoms with Crippen molar-refractivity contribution in [2.24, 2.45) is 5.73 Å². The number of ether oxygens (including phenoxy) is 1. The Morgan fingerprint density at radius 1 is 1.29 bits per heavy atom. The normalized spacial score (nSPS) is 12.4. The Morgan fingerprint density at radius 3 is 2.68 bits per heavy atom. The highest BCUT2D eigenvalue weighted by atomic mass is 79.9. The predicted molar refractivity (Wildman–Crippen MR) is 115 cm³/mol. The van der Waals surface area contributed by atoms with Gasteiger partial charge in [-0.2, -0.15) is 0 Å². The number of amides is 1. The van der Waals surface area contributed by atoms with Crippen LogP contribution in [0.1, 0.15) is 38.7 Å². The topological polar surface area (TPSA) is 81.7 Å². The fourth-order valence-electron chi connectivity index (χ4n) is 2.64. The fraction of sp³-hybridized carbons (Fsp3) is 0.333. The second-order valence-corrected chi connectivity index (χ2v) is 7.92. The zero-order valence-electron chi connectivity index (χ0n) is 15.4. The molecule has 6 nitrogen and oxygen atoms in total. The zero-order chi connectivity index (χ0) is 19.4. The van der Waals surface area contributed by atoms with Crippen LogP contribution >= 0.6 is 15.9 Å². The van der Waals surface area contributed by atoms with Crippen LogP contribution in [0, 0.1) is 0 Å². The summed E-state index contributed by atoms with van der Waals surface area (Å²) in [5, 5.41) is 2.97. The van der Waals surface area contributed by atoms with Crippen LogP contribution in [0.25, 0.3) is 5.52 Å². The molecule has 28 heavy (non-hydrogen) atoms. The van der Waals surface area contributed by atoms with Gasteiger partial charge in [0.05, 0.1) is 30.5 Å². The third-order valence-corrected chi connectivity index (χ3v) is 4.59. The molecule has 0 unspecified atom stereocenters. The van der Waals surface area contributed by atoms with E-state index in [0.717, 1.165) is 15.6 Å². The maximum absolute atomic E-state index is 12.5. The third-order valence-electron chi connectivity index (χ3n) is 4.12. The zero-order valence-corrected chi connectivity index (χ0v) is 16.9. The third kappa shape index (κ3) is 5.41.